The highest BCUT2D eigenvalue weighted by Gasteiger charge is 2.16. The average Bonchev–Trinajstić information content (AvgIpc) is 2.98. The van der Waals surface area contributed by atoms with Crippen LogP contribution in [0.2, 0.25) is 0 Å². The van der Waals surface area contributed by atoms with Crippen LogP contribution < -0.4 is 4.72 Å². The van der Waals surface area contributed by atoms with Crippen LogP contribution in [0.5, 0.6) is 0 Å². The van der Waals surface area contributed by atoms with Crippen molar-refractivity contribution >= 4 is 21.4 Å². The number of thiophene rings is 1. The zero-order chi connectivity index (χ0) is 13.0. The number of imidazole rings is 1. The fourth-order valence-electron chi connectivity index (χ4n) is 1.38. The van der Waals surface area contributed by atoms with Crippen LogP contribution in [0.15, 0.2) is 28.7 Å². The highest BCUT2D eigenvalue weighted by Crippen LogP contribution is 2.21. The standard InChI is InChI=1S/C10H13N3O3S2/c14-6-3-8-1-2-10(17-8)18(15,16)13-7-9-11-4-5-12-9/h1-2,4-5,13-14H,3,6-7H2,(H,11,12). The quantitative estimate of drug-likeness (QED) is 0.720. The van der Waals surface area contributed by atoms with E-state index in [9.17, 15) is 8.42 Å². The smallest absolute Gasteiger partial charge is 0.250 e. The summed E-state index contributed by atoms with van der Waals surface area (Å²) in [6, 6.07) is 3.25. The zero-order valence-corrected chi connectivity index (χ0v) is 11.1. The third-order valence-corrected chi connectivity index (χ3v) is 5.28. The molecule has 2 heterocycles. The van der Waals surface area contributed by atoms with Gasteiger partial charge in [-0.3, -0.25) is 0 Å². The summed E-state index contributed by atoms with van der Waals surface area (Å²) in [5, 5.41) is 8.79. The van der Waals surface area contributed by atoms with Crippen molar-refractivity contribution in [2.24, 2.45) is 0 Å². The second-order valence-electron chi connectivity index (χ2n) is 3.55. The lowest BCUT2D eigenvalue weighted by Crippen LogP contribution is -2.22. The molecule has 0 fully saturated rings. The van der Waals surface area contributed by atoms with Gasteiger partial charge in [0.05, 0.1) is 6.54 Å². The highest BCUT2D eigenvalue weighted by molar-refractivity contribution is 7.91. The summed E-state index contributed by atoms with van der Waals surface area (Å²) >= 11 is 1.16. The number of aliphatic hydroxyl groups is 1. The molecule has 0 amide bonds. The molecule has 0 aliphatic carbocycles. The molecule has 2 aromatic rings. The third-order valence-electron chi connectivity index (χ3n) is 2.24. The predicted molar refractivity (Wildman–Crippen MR) is 67.7 cm³/mol. The van der Waals surface area contributed by atoms with Crippen LogP contribution in [0.4, 0.5) is 0 Å². The maximum absolute atomic E-state index is 11.9. The van der Waals surface area contributed by atoms with Crippen LogP contribution in [0.25, 0.3) is 0 Å². The number of hydrogen-bond acceptors (Lipinski definition) is 5. The molecule has 2 aromatic heterocycles. The van der Waals surface area contributed by atoms with Crippen LogP contribution in [0.3, 0.4) is 0 Å². The molecule has 0 radical (unpaired) electrons. The normalized spacial score (nSPS) is 11.8. The Kier molecular flexibility index (Phi) is 4.12. The lowest BCUT2D eigenvalue weighted by molar-refractivity contribution is 0.300. The number of rotatable bonds is 6. The van der Waals surface area contributed by atoms with Crippen LogP contribution in [0, 0.1) is 0 Å². The molecule has 0 aliphatic rings. The van der Waals surface area contributed by atoms with Crippen LogP contribution >= 0.6 is 11.3 Å². The summed E-state index contributed by atoms with van der Waals surface area (Å²) in [4.78, 5) is 7.60. The van der Waals surface area contributed by atoms with E-state index < -0.39 is 10.0 Å². The SMILES string of the molecule is O=S(=O)(NCc1ncc[nH]1)c1ccc(CCO)s1. The minimum absolute atomic E-state index is 0.0137. The minimum Gasteiger partial charge on any atom is -0.396 e. The molecular weight excluding hydrogens is 274 g/mol. The first-order chi connectivity index (χ1) is 8.62. The summed E-state index contributed by atoms with van der Waals surface area (Å²) < 4.78 is 26.6. The number of aliphatic hydroxyl groups excluding tert-OH is 1. The fraction of sp³-hybridized carbons (Fsp3) is 0.300. The van der Waals surface area contributed by atoms with E-state index in [1.54, 1.807) is 24.5 Å². The number of sulfonamides is 1. The molecule has 0 unspecified atom stereocenters. The van der Waals surface area contributed by atoms with E-state index in [2.05, 4.69) is 14.7 Å². The van der Waals surface area contributed by atoms with Gasteiger partial charge in [0.15, 0.2) is 0 Å². The van der Waals surface area contributed by atoms with E-state index >= 15 is 0 Å². The van der Waals surface area contributed by atoms with E-state index in [0.717, 1.165) is 16.2 Å². The van der Waals surface area contributed by atoms with E-state index in [4.69, 9.17) is 5.11 Å². The van der Waals surface area contributed by atoms with Gasteiger partial charge < -0.3 is 10.1 Å². The van der Waals surface area contributed by atoms with E-state index in [-0.39, 0.29) is 17.4 Å². The molecular formula is C10H13N3O3S2. The minimum atomic E-state index is -3.51. The Bertz CT molecular complexity index is 590. The summed E-state index contributed by atoms with van der Waals surface area (Å²) in [7, 11) is -3.51. The van der Waals surface area contributed by atoms with Crippen molar-refractivity contribution in [2.45, 2.75) is 17.2 Å². The van der Waals surface area contributed by atoms with Crippen LogP contribution in [-0.4, -0.2) is 30.1 Å². The number of nitrogens with zero attached hydrogens (tertiary/aromatic N) is 1. The first-order valence-corrected chi connectivity index (χ1v) is 7.59. The summed E-state index contributed by atoms with van der Waals surface area (Å²) in [6.07, 6.45) is 3.67. The molecule has 0 saturated heterocycles. The van der Waals surface area contributed by atoms with E-state index in [1.165, 1.54) is 0 Å². The molecule has 0 bridgehead atoms. The van der Waals surface area contributed by atoms with Gasteiger partial charge in [-0.25, -0.2) is 18.1 Å². The molecule has 18 heavy (non-hydrogen) atoms. The van der Waals surface area contributed by atoms with Crippen molar-refractivity contribution in [3.05, 3.63) is 35.2 Å². The number of hydrogen-bond donors (Lipinski definition) is 3. The van der Waals surface area contributed by atoms with Gasteiger partial charge in [0, 0.05) is 30.3 Å². The van der Waals surface area contributed by atoms with Gasteiger partial charge in [0.25, 0.3) is 0 Å². The second-order valence-corrected chi connectivity index (χ2v) is 6.72. The van der Waals surface area contributed by atoms with Crippen molar-refractivity contribution in [2.75, 3.05) is 6.61 Å². The average molecular weight is 287 g/mol. The van der Waals surface area contributed by atoms with Crippen molar-refractivity contribution in [3.63, 3.8) is 0 Å². The largest absolute Gasteiger partial charge is 0.396 e. The Morgan fingerprint density at radius 3 is 2.94 bits per heavy atom. The Morgan fingerprint density at radius 1 is 1.44 bits per heavy atom. The van der Waals surface area contributed by atoms with Crippen LogP contribution in [0.1, 0.15) is 10.7 Å². The Labute approximate surface area is 109 Å². The first kappa shape index (κ1) is 13.2. The Balaban J connectivity index is 2.05. The molecule has 3 N–H and O–H groups in total. The second kappa shape index (κ2) is 5.61. The van der Waals surface area contributed by atoms with Gasteiger partial charge in [-0.15, -0.1) is 11.3 Å². The van der Waals surface area contributed by atoms with Gasteiger partial charge in [-0.1, -0.05) is 0 Å². The number of H-pyrrole nitrogens is 1. The molecule has 0 aromatic carbocycles. The molecule has 0 saturated carbocycles. The molecule has 6 nitrogen and oxygen atoms in total. The number of nitrogens with one attached hydrogen (secondary N) is 2. The lowest BCUT2D eigenvalue weighted by atomic mass is 10.4. The molecule has 0 aliphatic heterocycles. The Morgan fingerprint density at radius 2 is 2.28 bits per heavy atom. The zero-order valence-electron chi connectivity index (χ0n) is 9.46. The van der Waals surface area contributed by atoms with Gasteiger partial charge in [-0.05, 0) is 12.1 Å². The fourth-order valence-corrected chi connectivity index (χ4v) is 3.75. The van der Waals surface area contributed by atoms with Crippen molar-refractivity contribution < 1.29 is 13.5 Å². The lowest BCUT2D eigenvalue weighted by Gasteiger charge is -2.02. The third kappa shape index (κ3) is 3.16. The van der Waals surface area contributed by atoms with Gasteiger partial charge in [0.1, 0.15) is 10.0 Å². The summed E-state index contributed by atoms with van der Waals surface area (Å²) in [5.74, 6) is 0.561. The van der Waals surface area contributed by atoms with Crippen molar-refractivity contribution in [1.29, 1.82) is 0 Å². The summed E-state index contributed by atoms with van der Waals surface area (Å²) in [6.45, 7) is 0.141. The predicted octanol–water partition coefficient (Wildman–Crippen LogP) is 0.484. The highest BCUT2D eigenvalue weighted by atomic mass is 32.2. The maximum atomic E-state index is 11.9. The molecule has 0 spiro atoms. The van der Waals surface area contributed by atoms with Crippen LogP contribution in [-0.2, 0) is 23.0 Å². The monoisotopic (exact) mass is 287 g/mol. The topological polar surface area (TPSA) is 95.1 Å². The number of aromatic nitrogens is 2. The van der Waals surface area contributed by atoms with Gasteiger partial charge in [0.2, 0.25) is 10.0 Å². The maximum Gasteiger partial charge on any atom is 0.250 e. The van der Waals surface area contributed by atoms with Crippen molar-refractivity contribution in [1.82, 2.24) is 14.7 Å². The van der Waals surface area contributed by atoms with Gasteiger partial charge >= 0.3 is 0 Å². The molecule has 98 valence electrons. The molecule has 2 rings (SSSR count). The Hall–Kier alpha value is -1.22. The summed E-state index contributed by atoms with van der Waals surface area (Å²) in [5.41, 5.74) is 0. The van der Waals surface area contributed by atoms with Gasteiger partial charge in [-0.2, -0.15) is 0 Å². The molecule has 8 heteroatoms. The molecule has 0 atom stereocenters. The van der Waals surface area contributed by atoms with E-state index in [1.807, 2.05) is 0 Å². The van der Waals surface area contributed by atoms with E-state index in [0.29, 0.717) is 12.2 Å². The first-order valence-electron chi connectivity index (χ1n) is 5.29. The number of aromatic amines is 1. The van der Waals surface area contributed by atoms with Crippen molar-refractivity contribution in [3.8, 4) is 0 Å².